The van der Waals surface area contributed by atoms with E-state index in [2.05, 4.69) is 18.8 Å². The van der Waals surface area contributed by atoms with Crippen LogP contribution in [0.2, 0.25) is 0 Å². The van der Waals surface area contributed by atoms with Crippen LogP contribution in [0.15, 0.2) is 18.2 Å². The lowest BCUT2D eigenvalue weighted by atomic mass is 10.1. The zero-order valence-electron chi connectivity index (χ0n) is 9.80. The van der Waals surface area contributed by atoms with Gasteiger partial charge in [0.15, 0.2) is 0 Å². The van der Waals surface area contributed by atoms with Crippen molar-refractivity contribution < 1.29 is 14.6 Å². The van der Waals surface area contributed by atoms with Crippen molar-refractivity contribution in [3.05, 3.63) is 29.6 Å². The van der Waals surface area contributed by atoms with E-state index in [0.717, 1.165) is 0 Å². The molecule has 1 aromatic heterocycles. The van der Waals surface area contributed by atoms with Gasteiger partial charge >= 0.3 is 5.97 Å². The van der Waals surface area contributed by atoms with Gasteiger partial charge in [-0.3, -0.25) is 0 Å². The van der Waals surface area contributed by atoms with Crippen LogP contribution in [0.1, 0.15) is 37.0 Å². The minimum atomic E-state index is -1.02. The Morgan fingerprint density at radius 1 is 1.44 bits per heavy atom. The predicted molar refractivity (Wildman–Crippen MR) is 60.3 cm³/mol. The Balaban J connectivity index is 2.61. The normalized spacial score (nSPS) is 12.8. The van der Waals surface area contributed by atoms with Crippen molar-refractivity contribution in [2.75, 3.05) is 0 Å². The molecule has 0 aliphatic rings. The highest BCUT2D eigenvalue weighted by Gasteiger charge is 2.09. The standard InChI is InChI=1S/C12H17NO3/c1-8(2)9(3)16-7-10-5-4-6-11(13-10)12(14)15/h4-6,8-9H,7H2,1-3H3,(H,14,15). The number of hydrogen-bond acceptors (Lipinski definition) is 3. The molecular formula is C12H17NO3. The number of pyridine rings is 1. The number of aromatic carboxylic acids is 1. The summed E-state index contributed by atoms with van der Waals surface area (Å²) >= 11 is 0. The maximum atomic E-state index is 10.7. The maximum Gasteiger partial charge on any atom is 0.354 e. The molecule has 0 amide bonds. The van der Waals surface area contributed by atoms with Crippen molar-refractivity contribution in [3.8, 4) is 0 Å². The van der Waals surface area contributed by atoms with Crippen LogP contribution in [0.4, 0.5) is 0 Å². The van der Waals surface area contributed by atoms with E-state index in [-0.39, 0.29) is 11.8 Å². The predicted octanol–water partition coefficient (Wildman–Crippen LogP) is 2.34. The van der Waals surface area contributed by atoms with Gasteiger partial charge in [0.1, 0.15) is 5.69 Å². The Morgan fingerprint density at radius 3 is 2.69 bits per heavy atom. The van der Waals surface area contributed by atoms with Crippen molar-refractivity contribution in [2.45, 2.75) is 33.5 Å². The van der Waals surface area contributed by atoms with Crippen LogP contribution in [0.25, 0.3) is 0 Å². The number of nitrogens with zero attached hydrogens (tertiary/aromatic N) is 1. The van der Waals surface area contributed by atoms with Gasteiger partial charge in [0, 0.05) is 0 Å². The third kappa shape index (κ3) is 3.62. The molecule has 1 rings (SSSR count). The zero-order chi connectivity index (χ0) is 12.1. The van der Waals surface area contributed by atoms with E-state index >= 15 is 0 Å². The first kappa shape index (κ1) is 12.6. The van der Waals surface area contributed by atoms with E-state index in [0.29, 0.717) is 18.2 Å². The molecule has 1 N–H and O–H groups in total. The molecule has 0 fully saturated rings. The molecule has 0 saturated heterocycles. The van der Waals surface area contributed by atoms with Gasteiger partial charge in [-0.25, -0.2) is 9.78 Å². The summed E-state index contributed by atoms with van der Waals surface area (Å²) in [6, 6.07) is 4.91. The summed E-state index contributed by atoms with van der Waals surface area (Å²) in [5.41, 5.74) is 0.700. The second-order valence-electron chi connectivity index (χ2n) is 4.08. The van der Waals surface area contributed by atoms with Crippen LogP contribution >= 0.6 is 0 Å². The monoisotopic (exact) mass is 223 g/mol. The first-order valence-corrected chi connectivity index (χ1v) is 5.31. The summed E-state index contributed by atoms with van der Waals surface area (Å²) in [7, 11) is 0. The number of rotatable bonds is 5. The van der Waals surface area contributed by atoms with Crippen molar-refractivity contribution in [2.24, 2.45) is 5.92 Å². The summed E-state index contributed by atoms with van der Waals surface area (Å²) in [6.45, 7) is 6.49. The third-order valence-electron chi connectivity index (χ3n) is 2.46. The van der Waals surface area contributed by atoms with Gasteiger partial charge in [0.05, 0.1) is 18.4 Å². The molecule has 0 bridgehead atoms. The second kappa shape index (κ2) is 5.61. The molecule has 0 aromatic carbocycles. The van der Waals surface area contributed by atoms with Crippen LogP contribution in [0.3, 0.4) is 0 Å². The molecule has 0 radical (unpaired) electrons. The van der Waals surface area contributed by atoms with Crippen LogP contribution < -0.4 is 0 Å². The van der Waals surface area contributed by atoms with Gasteiger partial charge in [-0.2, -0.15) is 0 Å². The Kier molecular flexibility index (Phi) is 4.43. The number of ether oxygens (including phenoxy) is 1. The summed E-state index contributed by atoms with van der Waals surface area (Å²) in [5, 5.41) is 8.77. The quantitative estimate of drug-likeness (QED) is 0.832. The van der Waals surface area contributed by atoms with Gasteiger partial charge in [-0.15, -0.1) is 0 Å². The summed E-state index contributed by atoms with van der Waals surface area (Å²) in [5.74, 6) is -0.582. The Hall–Kier alpha value is -1.42. The lowest BCUT2D eigenvalue weighted by Crippen LogP contribution is -2.15. The first-order chi connectivity index (χ1) is 7.50. The minimum Gasteiger partial charge on any atom is -0.477 e. The largest absolute Gasteiger partial charge is 0.477 e. The maximum absolute atomic E-state index is 10.7. The van der Waals surface area contributed by atoms with E-state index in [1.165, 1.54) is 6.07 Å². The zero-order valence-corrected chi connectivity index (χ0v) is 9.80. The lowest BCUT2D eigenvalue weighted by molar-refractivity contribution is 0.0217. The SMILES string of the molecule is CC(C)C(C)OCc1cccc(C(=O)O)n1. The number of carboxylic acids is 1. The van der Waals surface area contributed by atoms with Crippen molar-refractivity contribution in [1.82, 2.24) is 4.98 Å². The number of hydrogen-bond donors (Lipinski definition) is 1. The Labute approximate surface area is 95.3 Å². The van der Waals surface area contributed by atoms with E-state index in [1.54, 1.807) is 12.1 Å². The van der Waals surface area contributed by atoms with Crippen LogP contribution in [-0.4, -0.2) is 22.2 Å². The number of carbonyl (C=O) groups is 1. The molecule has 16 heavy (non-hydrogen) atoms. The Bertz CT molecular complexity index is 363. The topological polar surface area (TPSA) is 59.4 Å². The Morgan fingerprint density at radius 2 is 2.12 bits per heavy atom. The van der Waals surface area contributed by atoms with Gasteiger partial charge in [0.25, 0.3) is 0 Å². The first-order valence-electron chi connectivity index (χ1n) is 5.31. The molecular weight excluding hydrogens is 206 g/mol. The fraction of sp³-hybridized carbons (Fsp3) is 0.500. The van der Waals surface area contributed by atoms with E-state index < -0.39 is 5.97 Å². The molecule has 4 nitrogen and oxygen atoms in total. The highest BCUT2D eigenvalue weighted by atomic mass is 16.5. The highest BCUT2D eigenvalue weighted by Crippen LogP contribution is 2.09. The fourth-order valence-electron chi connectivity index (χ4n) is 1.09. The number of carboxylic acid groups (broad SMARTS) is 1. The third-order valence-corrected chi connectivity index (χ3v) is 2.46. The van der Waals surface area contributed by atoms with Crippen LogP contribution in [-0.2, 0) is 11.3 Å². The van der Waals surface area contributed by atoms with Crippen LogP contribution in [0.5, 0.6) is 0 Å². The fourth-order valence-corrected chi connectivity index (χ4v) is 1.09. The molecule has 4 heteroatoms. The summed E-state index contributed by atoms with van der Waals surface area (Å²) in [6.07, 6.45) is 0.135. The van der Waals surface area contributed by atoms with Crippen molar-refractivity contribution in [3.63, 3.8) is 0 Å². The van der Waals surface area contributed by atoms with Crippen LogP contribution in [0, 0.1) is 5.92 Å². The average Bonchev–Trinajstić information content (AvgIpc) is 2.26. The summed E-state index contributed by atoms with van der Waals surface area (Å²) < 4.78 is 5.57. The molecule has 0 spiro atoms. The molecule has 1 heterocycles. The molecule has 0 saturated carbocycles. The highest BCUT2D eigenvalue weighted by molar-refractivity contribution is 5.85. The van der Waals surface area contributed by atoms with E-state index in [4.69, 9.17) is 9.84 Å². The second-order valence-corrected chi connectivity index (χ2v) is 4.08. The minimum absolute atomic E-state index is 0.0540. The molecule has 0 aliphatic heterocycles. The van der Waals surface area contributed by atoms with E-state index in [9.17, 15) is 4.79 Å². The van der Waals surface area contributed by atoms with Gasteiger partial charge < -0.3 is 9.84 Å². The van der Waals surface area contributed by atoms with E-state index in [1.807, 2.05) is 6.92 Å². The number of aromatic nitrogens is 1. The van der Waals surface area contributed by atoms with Gasteiger partial charge in [-0.05, 0) is 25.0 Å². The molecule has 1 atom stereocenters. The van der Waals surface area contributed by atoms with Crippen molar-refractivity contribution >= 4 is 5.97 Å². The molecule has 88 valence electrons. The molecule has 0 aliphatic carbocycles. The van der Waals surface area contributed by atoms with Crippen molar-refractivity contribution in [1.29, 1.82) is 0 Å². The smallest absolute Gasteiger partial charge is 0.354 e. The summed E-state index contributed by atoms with van der Waals surface area (Å²) in [4.78, 5) is 14.7. The average molecular weight is 223 g/mol. The molecule has 1 unspecified atom stereocenters. The van der Waals surface area contributed by atoms with Gasteiger partial charge in [0.2, 0.25) is 0 Å². The molecule has 1 aromatic rings. The van der Waals surface area contributed by atoms with Gasteiger partial charge in [-0.1, -0.05) is 19.9 Å². The lowest BCUT2D eigenvalue weighted by Gasteiger charge is -2.16.